The van der Waals surface area contributed by atoms with Crippen LogP contribution in [0.3, 0.4) is 0 Å². The minimum Gasteiger partial charge on any atom is -0.493 e. The van der Waals surface area contributed by atoms with Crippen LogP contribution in [-0.4, -0.2) is 22.5 Å². The van der Waals surface area contributed by atoms with Crippen molar-refractivity contribution in [3.63, 3.8) is 0 Å². The number of aliphatic imine (C=N–C) groups is 1. The van der Waals surface area contributed by atoms with Gasteiger partial charge in [-0.05, 0) is 26.3 Å². The molecule has 92 valence electrons. The van der Waals surface area contributed by atoms with Gasteiger partial charge in [-0.25, -0.2) is 9.98 Å². The highest BCUT2D eigenvalue weighted by Crippen LogP contribution is 2.06. The summed E-state index contributed by atoms with van der Waals surface area (Å²) < 4.78 is 7.18. The predicted molar refractivity (Wildman–Crippen MR) is 70.0 cm³/mol. The summed E-state index contributed by atoms with van der Waals surface area (Å²) in [5.74, 6) is 1.46. The van der Waals surface area contributed by atoms with Crippen molar-refractivity contribution in [2.24, 2.45) is 4.99 Å². The Morgan fingerprint density at radius 1 is 1.53 bits per heavy atom. The maximum absolute atomic E-state index is 5.30. The third-order valence-electron chi connectivity index (χ3n) is 2.29. The van der Waals surface area contributed by atoms with Gasteiger partial charge in [0.05, 0.1) is 12.8 Å². The van der Waals surface area contributed by atoms with Crippen molar-refractivity contribution in [2.75, 3.05) is 7.11 Å². The highest BCUT2D eigenvalue weighted by Gasteiger charge is 2.09. The minimum absolute atomic E-state index is 0.725. The second-order valence-electron chi connectivity index (χ2n) is 3.42. The molecule has 0 N–H and O–H groups in total. The molecule has 0 aliphatic heterocycles. The Hall–Kier alpha value is -1.84. The number of allylic oxidation sites excluding steroid dienone is 3. The van der Waals surface area contributed by atoms with Crippen LogP contribution in [0.5, 0.6) is 0 Å². The third-order valence-corrected chi connectivity index (χ3v) is 2.29. The Labute approximate surface area is 102 Å². The summed E-state index contributed by atoms with van der Waals surface area (Å²) in [4.78, 5) is 8.66. The summed E-state index contributed by atoms with van der Waals surface area (Å²) in [6, 6.07) is 0. The van der Waals surface area contributed by atoms with Gasteiger partial charge >= 0.3 is 0 Å². The van der Waals surface area contributed by atoms with Gasteiger partial charge in [0.1, 0.15) is 6.33 Å². The highest BCUT2D eigenvalue weighted by molar-refractivity contribution is 5.98. The molecule has 0 bridgehead atoms. The number of hydrogen-bond donors (Lipinski definition) is 0. The standard InChI is InChI=1S/C13H19N3O/c1-5-8-14-13(12(7-3)17-4)16-9-11(6-2)15-10-16/h5,7-10H,6H2,1-4H3/b8-5+,12-7+,14-13+. The van der Waals surface area contributed by atoms with Gasteiger partial charge < -0.3 is 4.74 Å². The fraction of sp³-hybridized carbons (Fsp3) is 0.385. The number of rotatable bonds is 4. The maximum atomic E-state index is 5.30. The van der Waals surface area contributed by atoms with Gasteiger partial charge in [0.25, 0.3) is 0 Å². The van der Waals surface area contributed by atoms with Crippen LogP contribution in [0.4, 0.5) is 0 Å². The van der Waals surface area contributed by atoms with E-state index in [0.717, 1.165) is 23.7 Å². The van der Waals surface area contributed by atoms with E-state index in [2.05, 4.69) is 16.9 Å². The van der Waals surface area contributed by atoms with Gasteiger partial charge in [0.2, 0.25) is 0 Å². The van der Waals surface area contributed by atoms with Crippen LogP contribution in [0.2, 0.25) is 0 Å². The summed E-state index contributed by atoms with van der Waals surface area (Å²) in [5.41, 5.74) is 1.03. The monoisotopic (exact) mass is 233 g/mol. The molecule has 0 aliphatic carbocycles. The molecule has 0 radical (unpaired) electrons. The van der Waals surface area contributed by atoms with E-state index >= 15 is 0 Å². The lowest BCUT2D eigenvalue weighted by molar-refractivity contribution is 0.312. The average molecular weight is 233 g/mol. The highest BCUT2D eigenvalue weighted by atomic mass is 16.5. The van der Waals surface area contributed by atoms with Crippen LogP contribution in [0.25, 0.3) is 0 Å². The first-order chi connectivity index (χ1) is 8.26. The van der Waals surface area contributed by atoms with Crippen molar-refractivity contribution in [2.45, 2.75) is 27.2 Å². The number of aryl methyl sites for hydroxylation is 1. The SMILES string of the molecule is C/C=C/N=C(\C(=C/C)OC)n1cnc(CC)c1. The second kappa shape index (κ2) is 6.68. The second-order valence-corrected chi connectivity index (χ2v) is 3.42. The molecule has 0 amide bonds. The van der Waals surface area contributed by atoms with Gasteiger partial charge in [0.15, 0.2) is 11.6 Å². The molecular formula is C13H19N3O. The van der Waals surface area contributed by atoms with E-state index in [9.17, 15) is 0 Å². The summed E-state index contributed by atoms with van der Waals surface area (Å²) >= 11 is 0. The van der Waals surface area contributed by atoms with Crippen molar-refractivity contribution >= 4 is 5.84 Å². The summed E-state index contributed by atoms with van der Waals surface area (Å²) in [6.45, 7) is 5.92. The lowest BCUT2D eigenvalue weighted by atomic mass is 10.3. The van der Waals surface area contributed by atoms with E-state index in [0.29, 0.717) is 0 Å². The molecule has 0 saturated carbocycles. The summed E-state index contributed by atoms with van der Waals surface area (Å²) in [7, 11) is 1.64. The van der Waals surface area contributed by atoms with Crippen LogP contribution in [0.1, 0.15) is 26.5 Å². The number of ether oxygens (including phenoxy) is 1. The van der Waals surface area contributed by atoms with Crippen LogP contribution < -0.4 is 0 Å². The summed E-state index contributed by atoms with van der Waals surface area (Å²) in [6.07, 6.45) is 10.1. The molecule has 1 aromatic rings. The van der Waals surface area contributed by atoms with E-state index in [1.54, 1.807) is 19.6 Å². The molecule has 1 aromatic heterocycles. The van der Waals surface area contributed by atoms with Gasteiger partial charge in [-0.3, -0.25) is 4.57 Å². The molecule has 0 saturated heterocycles. The van der Waals surface area contributed by atoms with Crippen LogP contribution in [0, 0.1) is 0 Å². The molecule has 0 unspecified atom stereocenters. The van der Waals surface area contributed by atoms with Gasteiger partial charge in [0, 0.05) is 12.4 Å². The van der Waals surface area contributed by atoms with Crippen molar-refractivity contribution in [1.29, 1.82) is 0 Å². The van der Waals surface area contributed by atoms with Gasteiger partial charge in [-0.1, -0.05) is 13.0 Å². The van der Waals surface area contributed by atoms with Crippen molar-refractivity contribution < 1.29 is 4.74 Å². The first-order valence-corrected chi connectivity index (χ1v) is 5.69. The van der Waals surface area contributed by atoms with E-state index in [1.807, 2.05) is 36.8 Å². The van der Waals surface area contributed by atoms with E-state index in [4.69, 9.17) is 4.74 Å². The molecule has 0 fully saturated rings. The van der Waals surface area contributed by atoms with Crippen molar-refractivity contribution in [1.82, 2.24) is 9.55 Å². The normalized spacial score (nSPS) is 13.4. The molecule has 4 heteroatoms. The number of imidazole rings is 1. The largest absolute Gasteiger partial charge is 0.493 e. The molecule has 1 heterocycles. The zero-order valence-electron chi connectivity index (χ0n) is 10.8. The number of methoxy groups -OCH3 is 1. The van der Waals surface area contributed by atoms with Crippen molar-refractivity contribution in [3.05, 3.63) is 42.3 Å². The molecule has 0 aliphatic rings. The van der Waals surface area contributed by atoms with E-state index in [1.165, 1.54) is 0 Å². The Kier molecular flexibility index (Phi) is 5.20. The van der Waals surface area contributed by atoms with Gasteiger partial charge in [-0.15, -0.1) is 0 Å². The Morgan fingerprint density at radius 3 is 2.76 bits per heavy atom. The van der Waals surface area contributed by atoms with Gasteiger partial charge in [-0.2, -0.15) is 0 Å². The third kappa shape index (κ3) is 3.31. The Balaban J connectivity index is 3.14. The van der Waals surface area contributed by atoms with Crippen LogP contribution >= 0.6 is 0 Å². The first kappa shape index (κ1) is 13.2. The fourth-order valence-electron chi connectivity index (χ4n) is 1.40. The molecule has 1 rings (SSSR count). The lowest BCUT2D eigenvalue weighted by Gasteiger charge is -2.09. The summed E-state index contributed by atoms with van der Waals surface area (Å²) in [5, 5.41) is 0. The minimum atomic E-state index is 0.725. The number of aromatic nitrogens is 2. The maximum Gasteiger partial charge on any atom is 0.180 e. The lowest BCUT2D eigenvalue weighted by Crippen LogP contribution is -2.14. The van der Waals surface area contributed by atoms with Crippen molar-refractivity contribution in [3.8, 4) is 0 Å². The Morgan fingerprint density at radius 2 is 2.29 bits per heavy atom. The first-order valence-electron chi connectivity index (χ1n) is 5.69. The molecule has 17 heavy (non-hydrogen) atoms. The quantitative estimate of drug-likeness (QED) is 0.456. The average Bonchev–Trinajstić information content (AvgIpc) is 2.83. The zero-order valence-corrected chi connectivity index (χ0v) is 10.8. The van der Waals surface area contributed by atoms with E-state index in [-0.39, 0.29) is 0 Å². The number of nitrogens with zero attached hydrogens (tertiary/aromatic N) is 3. The Bertz CT molecular complexity index is 441. The van der Waals surface area contributed by atoms with E-state index < -0.39 is 0 Å². The molecule has 0 spiro atoms. The predicted octanol–water partition coefficient (Wildman–Crippen LogP) is 2.78. The fourth-order valence-corrected chi connectivity index (χ4v) is 1.40. The van der Waals surface area contributed by atoms with Crippen LogP contribution in [0.15, 0.2) is 41.6 Å². The van der Waals surface area contributed by atoms with Crippen LogP contribution in [-0.2, 0) is 11.2 Å². The smallest absolute Gasteiger partial charge is 0.180 e. The zero-order chi connectivity index (χ0) is 12.7. The molecule has 0 aromatic carbocycles. The topological polar surface area (TPSA) is 39.4 Å². The number of hydrogen-bond acceptors (Lipinski definition) is 3. The molecular weight excluding hydrogens is 214 g/mol. The molecule has 4 nitrogen and oxygen atoms in total. The molecule has 0 atom stereocenters.